The Balaban J connectivity index is 2.51. The van der Waals surface area contributed by atoms with Crippen molar-refractivity contribution in [1.82, 2.24) is 4.90 Å². The van der Waals surface area contributed by atoms with Crippen molar-refractivity contribution < 1.29 is 14.6 Å². The molecule has 0 saturated carbocycles. The van der Waals surface area contributed by atoms with Crippen LogP contribution in [0.1, 0.15) is 53.9 Å². The Bertz CT molecular complexity index is 366. The van der Waals surface area contributed by atoms with Gasteiger partial charge in [-0.2, -0.15) is 0 Å². The number of nitrogens with zero attached hydrogens (tertiary/aromatic N) is 1. The van der Waals surface area contributed by atoms with Crippen LogP contribution in [0.5, 0.6) is 0 Å². The van der Waals surface area contributed by atoms with Gasteiger partial charge in [-0.05, 0) is 53.9 Å². The lowest BCUT2D eigenvalue weighted by atomic mass is 10.1. The summed E-state index contributed by atoms with van der Waals surface area (Å²) in [6, 6.07) is 0. The van der Waals surface area contributed by atoms with Crippen molar-refractivity contribution in [1.29, 1.82) is 0 Å². The summed E-state index contributed by atoms with van der Waals surface area (Å²) in [6.45, 7) is 11.1. The molecule has 0 unspecified atom stereocenters. The second kappa shape index (κ2) is 6.72. The summed E-state index contributed by atoms with van der Waals surface area (Å²) in [6.07, 6.45) is 4.57. The van der Waals surface area contributed by atoms with E-state index in [4.69, 9.17) is 4.74 Å². The highest BCUT2D eigenvalue weighted by molar-refractivity contribution is 5.84. The molecule has 0 aromatic carbocycles. The van der Waals surface area contributed by atoms with Crippen LogP contribution >= 0.6 is 0 Å². The van der Waals surface area contributed by atoms with E-state index in [-0.39, 0.29) is 5.91 Å². The van der Waals surface area contributed by atoms with Crippen LogP contribution in [-0.4, -0.2) is 46.8 Å². The Labute approximate surface area is 122 Å². The molecule has 1 amide bonds. The first-order valence-electron chi connectivity index (χ1n) is 7.43. The van der Waals surface area contributed by atoms with E-state index in [1.807, 2.05) is 18.7 Å². The van der Waals surface area contributed by atoms with Crippen molar-refractivity contribution in [2.75, 3.05) is 19.7 Å². The van der Waals surface area contributed by atoms with Crippen molar-refractivity contribution in [2.24, 2.45) is 0 Å². The molecule has 0 spiro atoms. The Kier molecular flexibility index (Phi) is 5.78. The van der Waals surface area contributed by atoms with E-state index in [2.05, 4.69) is 13.0 Å². The molecule has 20 heavy (non-hydrogen) atoms. The number of hydrogen-bond acceptors (Lipinski definition) is 3. The second-order valence-corrected chi connectivity index (χ2v) is 6.80. The van der Waals surface area contributed by atoms with Crippen LogP contribution in [-0.2, 0) is 9.53 Å². The molecular formula is C16H29NO3. The molecular weight excluding hydrogens is 254 g/mol. The van der Waals surface area contributed by atoms with Gasteiger partial charge in [0.05, 0.1) is 12.2 Å². The van der Waals surface area contributed by atoms with Gasteiger partial charge in [0.2, 0.25) is 0 Å². The summed E-state index contributed by atoms with van der Waals surface area (Å²) in [7, 11) is 0. The molecule has 4 nitrogen and oxygen atoms in total. The lowest BCUT2D eigenvalue weighted by Gasteiger charge is -2.32. The first-order valence-corrected chi connectivity index (χ1v) is 7.43. The summed E-state index contributed by atoms with van der Waals surface area (Å²) < 4.78 is 5.72. The molecule has 116 valence electrons. The monoisotopic (exact) mass is 283 g/mol. The first kappa shape index (κ1) is 17.2. The van der Waals surface area contributed by atoms with Gasteiger partial charge < -0.3 is 14.7 Å². The molecule has 1 aliphatic rings. The third-order valence-corrected chi connectivity index (χ3v) is 3.65. The number of carbonyl (C=O) groups excluding carboxylic acids is 1. The van der Waals surface area contributed by atoms with Crippen molar-refractivity contribution in [2.45, 2.75) is 65.1 Å². The molecule has 0 atom stereocenters. The van der Waals surface area contributed by atoms with Crippen LogP contribution in [0.2, 0.25) is 0 Å². The maximum Gasteiger partial charge on any atom is 0.254 e. The summed E-state index contributed by atoms with van der Waals surface area (Å²) in [4.78, 5) is 14.4. The van der Waals surface area contributed by atoms with Gasteiger partial charge in [-0.3, -0.25) is 4.79 Å². The van der Waals surface area contributed by atoms with E-state index in [0.717, 1.165) is 25.9 Å². The van der Waals surface area contributed by atoms with Crippen molar-refractivity contribution in [3.63, 3.8) is 0 Å². The van der Waals surface area contributed by atoms with Gasteiger partial charge in [-0.15, -0.1) is 0 Å². The van der Waals surface area contributed by atoms with E-state index < -0.39 is 11.2 Å². The van der Waals surface area contributed by atoms with Gasteiger partial charge in [0, 0.05) is 13.1 Å². The minimum absolute atomic E-state index is 0.0383. The number of aliphatic hydroxyl groups is 1. The molecule has 0 fully saturated rings. The maximum absolute atomic E-state index is 12.6. The number of ether oxygens (including phenoxy) is 1. The average Bonchev–Trinajstić information content (AvgIpc) is 2.51. The maximum atomic E-state index is 12.6. The minimum atomic E-state index is -0.830. The van der Waals surface area contributed by atoms with E-state index in [9.17, 15) is 9.90 Å². The summed E-state index contributed by atoms with van der Waals surface area (Å²) in [5.74, 6) is 0.0383. The summed E-state index contributed by atoms with van der Waals surface area (Å²) in [5, 5.41) is 9.69. The van der Waals surface area contributed by atoms with Gasteiger partial charge in [-0.25, -0.2) is 0 Å². The summed E-state index contributed by atoms with van der Waals surface area (Å²) >= 11 is 0. The predicted molar refractivity (Wildman–Crippen MR) is 80.5 cm³/mol. The fraction of sp³-hybridized carbons (Fsp3) is 0.812. The fourth-order valence-electron chi connectivity index (χ4n) is 2.19. The van der Waals surface area contributed by atoms with Crippen LogP contribution in [0, 0.1) is 0 Å². The Morgan fingerprint density at radius 1 is 1.35 bits per heavy atom. The zero-order valence-electron chi connectivity index (χ0n) is 13.5. The average molecular weight is 283 g/mol. The Hall–Kier alpha value is -0.870. The van der Waals surface area contributed by atoms with Crippen molar-refractivity contribution in [3.05, 3.63) is 11.6 Å². The highest BCUT2D eigenvalue weighted by Gasteiger charge is 2.33. The van der Waals surface area contributed by atoms with Crippen molar-refractivity contribution >= 4 is 5.91 Å². The summed E-state index contributed by atoms with van der Waals surface area (Å²) in [5.41, 5.74) is -0.243. The van der Waals surface area contributed by atoms with Crippen molar-refractivity contribution in [3.8, 4) is 0 Å². The third-order valence-electron chi connectivity index (χ3n) is 3.65. The lowest BCUT2D eigenvalue weighted by molar-refractivity contribution is -0.155. The highest BCUT2D eigenvalue weighted by atomic mass is 16.5. The number of amides is 1. The minimum Gasteiger partial charge on any atom is -0.390 e. The second-order valence-electron chi connectivity index (χ2n) is 6.80. The molecule has 0 aromatic heterocycles. The van der Waals surface area contributed by atoms with Gasteiger partial charge in [0.25, 0.3) is 5.91 Å². The topological polar surface area (TPSA) is 49.8 Å². The quantitative estimate of drug-likeness (QED) is 0.789. The van der Waals surface area contributed by atoms with Gasteiger partial charge >= 0.3 is 0 Å². The zero-order valence-corrected chi connectivity index (χ0v) is 13.5. The molecule has 0 saturated heterocycles. The number of carbonyl (C=O) groups is 1. The van der Waals surface area contributed by atoms with E-state index in [0.29, 0.717) is 13.0 Å². The van der Waals surface area contributed by atoms with E-state index in [1.165, 1.54) is 5.57 Å². The molecule has 0 aliphatic carbocycles. The number of rotatable bonds is 5. The van der Waals surface area contributed by atoms with Gasteiger partial charge in [0.15, 0.2) is 0 Å². The molecule has 4 heteroatoms. The van der Waals surface area contributed by atoms with Gasteiger partial charge in [0.1, 0.15) is 5.60 Å². The lowest BCUT2D eigenvalue weighted by Crippen LogP contribution is -2.47. The molecule has 1 aliphatic heterocycles. The molecule has 0 radical (unpaired) electrons. The molecule has 0 aromatic rings. The smallest absolute Gasteiger partial charge is 0.254 e. The van der Waals surface area contributed by atoms with Gasteiger partial charge in [-0.1, -0.05) is 11.6 Å². The molecule has 1 rings (SSSR count). The number of hydrogen-bond donors (Lipinski definition) is 1. The Morgan fingerprint density at radius 3 is 2.60 bits per heavy atom. The Morgan fingerprint density at radius 2 is 2.00 bits per heavy atom. The molecule has 1 N–H and O–H groups in total. The van der Waals surface area contributed by atoms with Crippen LogP contribution in [0.3, 0.4) is 0 Å². The van der Waals surface area contributed by atoms with Crippen LogP contribution in [0.25, 0.3) is 0 Å². The SMILES string of the molecule is CC1=CCCN(C(=O)C(C)(C)OCCC(C)(C)O)CC1. The zero-order chi connectivity index (χ0) is 15.4. The van der Waals surface area contributed by atoms with E-state index >= 15 is 0 Å². The van der Waals surface area contributed by atoms with Crippen LogP contribution in [0.15, 0.2) is 11.6 Å². The first-order chi connectivity index (χ1) is 9.12. The molecule has 0 bridgehead atoms. The van der Waals surface area contributed by atoms with Crippen LogP contribution < -0.4 is 0 Å². The predicted octanol–water partition coefficient (Wildman–Crippen LogP) is 2.51. The third kappa shape index (κ3) is 5.63. The highest BCUT2D eigenvalue weighted by Crippen LogP contribution is 2.19. The van der Waals surface area contributed by atoms with E-state index in [1.54, 1.807) is 13.8 Å². The standard InChI is InChI=1S/C16H29NO3/c1-13-7-6-10-17(11-8-13)14(18)16(4,5)20-12-9-15(2,3)19/h7,19H,6,8-12H2,1-5H3. The van der Waals surface area contributed by atoms with Crippen LogP contribution in [0.4, 0.5) is 0 Å². The largest absolute Gasteiger partial charge is 0.390 e. The molecule has 1 heterocycles. The fourth-order valence-corrected chi connectivity index (χ4v) is 2.19. The normalized spacial score (nSPS) is 17.7.